The zero-order valence-corrected chi connectivity index (χ0v) is 12.8. The van der Waals surface area contributed by atoms with Gasteiger partial charge >= 0.3 is 0 Å². The Kier molecular flexibility index (Phi) is 4.74. The predicted molar refractivity (Wildman–Crippen MR) is 86.5 cm³/mol. The number of para-hydroxylation sites is 1. The Labute approximate surface area is 138 Å². The summed E-state index contributed by atoms with van der Waals surface area (Å²) in [5.41, 5.74) is 0.878. The van der Waals surface area contributed by atoms with Gasteiger partial charge in [-0.15, -0.1) is 0 Å². The largest absolute Gasteiger partial charge is 0.487 e. The Morgan fingerprint density at radius 2 is 1.74 bits per heavy atom. The van der Waals surface area contributed by atoms with Crippen molar-refractivity contribution in [3.63, 3.8) is 0 Å². The second-order valence-electron chi connectivity index (χ2n) is 4.78. The Balaban J connectivity index is 1.61. The number of hydrogen-bond donors (Lipinski definition) is 0. The lowest BCUT2D eigenvalue weighted by molar-refractivity contribution is 0.304. The first-order valence-electron chi connectivity index (χ1n) is 6.96. The Bertz CT molecular complexity index is 776. The van der Waals surface area contributed by atoms with E-state index in [0.717, 1.165) is 5.56 Å². The molecule has 0 aliphatic carbocycles. The average Bonchev–Trinajstić information content (AvgIpc) is 2.58. The van der Waals surface area contributed by atoms with Crippen LogP contribution >= 0.6 is 11.6 Å². The van der Waals surface area contributed by atoms with Crippen molar-refractivity contribution in [1.29, 1.82) is 0 Å². The lowest BCUT2D eigenvalue weighted by Crippen LogP contribution is -1.96. The lowest BCUT2D eigenvalue weighted by Gasteiger charge is -2.08. The maximum Gasteiger partial charge on any atom is 0.219 e. The molecular weight excluding hydrogens is 317 g/mol. The van der Waals surface area contributed by atoms with Crippen LogP contribution < -0.4 is 9.47 Å². The molecular formula is C18H13ClFNO2. The van der Waals surface area contributed by atoms with Crippen LogP contribution in [0.3, 0.4) is 0 Å². The first kappa shape index (κ1) is 15.3. The predicted octanol–water partition coefficient (Wildman–Crippen LogP) is 5.25. The molecule has 0 spiro atoms. The average molecular weight is 330 g/mol. The van der Waals surface area contributed by atoms with E-state index in [1.54, 1.807) is 42.6 Å². The Morgan fingerprint density at radius 1 is 0.957 bits per heavy atom. The highest BCUT2D eigenvalue weighted by atomic mass is 35.5. The molecule has 3 aromatic rings. The van der Waals surface area contributed by atoms with Gasteiger partial charge < -0.3 is 9.47 Å². The smallest absolute Gasteiger partial charge is 0.219 e. The monoisotopic (exact) mass is 329 g/mol. The minimum atomic E-state index is -0.267. The molecule has 0 aliphatic heterocycles. The van der Waals surface area contributed by atoms with E-state index in [9.17, 15) is 4.39 Å². The number of hydrogen-bond acceptors (Lipinski definition) is 3. The molecule has 0 fully saturated rings. The fourth-order valence-electron chi connectivity index (χ4n) is 1.90. The van der Waals surface area contributed by atoms with Gasteiger partial charge in [0, 0.05) is 6.07 Å². The molecule has 5 heteroatoms. The molecule has 0 saturated heterocycles. The number of rotatable bonds is 5. The SMILES string of the molecule is Fc1ccc(COc2ccc(Oc3ccccc3Cl)nc2)cc1. The summed E-state index contributed by atoms with van der Waals surface area (Å²) in [6.07, 6.45) is 1.57. The molecule has 23 heavy (non-hydrogen) atoms. The van der Waals surface area contributed by atoms with E-state index in [2.05, 4.69) is 4.98 Å². The van der Waals surface area contributed by atoms with Crippen molar-refractivity contribution in [2.75, 3.05) is 0 Å². The van der Waals surface area contributed by atoms with Gasteiger partial charge in [-0.05, 0) is 35.9 Å². The standard InChI is InChI=1S/C18H13ClFNO2/c19-16-3-1-2-4-17(16)23-18-10-9-15(11-21-18)22-12-13-5-7-14(20)8-6-13/h1-11H,12H2. The van der Waals surface area contributed by atoms with Crippen LogP contribution in [-0.2, 0) is 6.61 Å². The molecule has 116 valence electrons. The van der Waals surface area contributed by atoms with Crippen molar-refractivity contribution in [1.82, 2.24) is 4.98 Å². The number of pyridine rings is 1. The number of ether oxygens (including phenoxy) is 2. The molecule has 0 aliphatic rings. The van der Waals surface area contributed by atoms with E-state index >= 15 is 0 Å². The highest BCUT2D eigenvalue weighted by Gasteiger charge is 2.04. The summed E-state index contributed by atoms with van der Waals surface area (Å²) in [6.45, 7) is 0.340. The zero-order valence-electron chi connectivity index (χ0n) is 12.1. The second-order valence-corrected chi connectivity index (χ2v) is 5.19. The highest BCUT2D eigenvalue weighted by molar-refractivity contribution is 6.32. The molecule has 3 nitrogen and oxygen atoms in total. The number of halogens is 2. The normalized spacial score (nSPS) is 10.3. The summed E-state index contributed by atoms with van der Waals surface area (Å²) in [5.74, 6) is 1.30. The van der Waals surface area contributed by atoms with E-state index in [1.807, 2.05) is 12.1 Å². The first-order valence-corrected chi connectivity index (χ1v) is 7.34. The third-order valence-electron chi connectivity index (χ3n) is 3.08. The van der Waals surface area contributed by atoms with Crippen molar-refractivity contribution < 1.29 is 13.9 Å². The van der Waals surface area contributed by atoms with Gasteiger partial charge in [-0.3, -0.25) is 0 Å². The van der Waals surface area contributed by atoms with Gasteiger partial charge in [-0.2, -0.15) is 0 Å². The molecule has 0 unspecified atom stereocenters. The fourth-order valence-corrected chi connectivity index (χ4v) is 2.07. The van der Waals surface area contributed by atoms with E-state index in [-0.39, 0.29) is 5.82 Å². The quantitative estimate of drug-likeness (QED) is 0.641. The minimum Gasteiger partial charge on any atom is -0.487 e. The van der Waals surface area contributed by atoms with Crippen molar-refractivity contribution in [2.24, 2.45) is 0 Å². The molecule has 0 saturated carbocycles. The van der Waals surface area contributed by atoms with Crippen LogP contribution in [-0.4, -0.2) is 4.98 Å². The Hall–Kier alpha value is -2.59. The van der Waals surface area contributed by atoms with Gasteiger partial charge in [0.2, 0.25) is 5.88 Å². The van der Waals surface area contributed by atoms with E-state index < -0.39 is 0 Å². The molecule has 0 N–H and O–H groups in total. The summed E-state index contributed by atoms with van der Waals surface area (Å²) in [5, 5.41) is 0.519. The molecule has 2 aromatic carbocycles. The molecule has 0 amide bonds. The number of aromatic nitrogens is 1. The van der Waals surface area contributed by atoms with Crippen LogP contribution in [0.2, 0.25) is 5.02 Å². The van der Waals surface area contributed by atoms with Crippen molar-refractivity contribution >= 4 is 11.6 Å². The van der Waals surface area contributed by atoms with Crippen LogP contribution in [0.1, 0.15) is 5.56 Å². The summed E-state index contributed by atoms with van der Waals surface area (Å²) in [4.78, 5) is 4.18. The van der Waals surface area contributed by atoms with Crippen molar-refractivity contribution in [2.45, 2.75) is 6.61 Å². The maximum absolute atomic E-state index is 12.8. The highest BCUT2D eigenvalue weighted by Crippen LogP contribution is 2.28. The van der Waals surface area contributed by atoms with Gasteiger partial charge in [0.25, 0.3) is 0 Å². The van der Waals surface area contributed by atoms with Gasteiger partial charge in [-0.25, -0.2) is 9.37 Å². The van der Waals surface area contributed by atoms with Gasteiger partial charge in [0.1, 0.15) is 23.9 Å². The first-order chi connectivity index (χ1) is 11.2. The third-order valence-corrected chi connectivity index (χ3v) is 3.39. The van der Waals surface area contributed by atoms with Gasteiger partial charge in [0.05, 0.1) is 11.2 Å². The molecule has 0 bridgehead atoms. The minimum absolute atomic E-state index is 0.267. The molecule has 1 aromatic heterocycles. The van der Waals surface area contributed by atoms with E-state index in [1.165, 1.54) is 12.1 Å². The van der Waals surface area contributed by atoms with Crippen LogP contribution in [0.5, 0.6) is 17.4 Å². The van der Waals surface area contributed by atoms with Gasteiger partial charge in [-0.1, -0.05) is 35.9 Å². The lowest BCUT2D eigenvalue weighted by atomic mass is 10.2. The molecule has 0 radical (unpaired) electrons. The van der Waals surface area contributed by atoms with E-state index in [0.29, 0.717) is 29.0 Å². The number of nitrogens with zero attached hydrogens (tertiary/aromatic N) is 1. The summed E-state index contributed by atoms with van der Waals surface area (Å²) >= 11 is 6.03. The van der Waals surface area contributed by atoms with Crippen LogP contribution in [0.25, 0.3) is 0 Å². The van der Waals surface area contributed by atoms with Crippen LogP contribution in [0.4, 0.5) is 4.39 Å². The molecule has 3 rings (SSSR count). The number of benzene rings is 2. The van der Waals surface area contributed by atoms with Gasteiger partial charge in [0.15, 0.2) is 0 Å². The van der Waals surface area contributed by atoms with Crippen LogP contribution in [0.15, 0.2) is 66.9 Å². The summed E-state index contributed by atoms with van der Waals surface area (Å²) < 4.78 is 24.0. The maximum atomic E-state index is 12.8. The van der Waals surface area contributed by atoms with Crippen LogP contribution in [0, 0.1) is 5.82 Å². The zero-order chi connectivity index (χ0) is 16.1. The summed E-state index contributed by atoms with van der Waals surface area (Å²) in [6, 6.07) is 16.8. The Morgan fingerprint density at radius 3 is 2.43 bits per heavy atom. The topological polar surface area (TPSA) is 31.4 Å². The van der Waals surface area contributed by atoms with E-state index in [4.69, 9.17) is 21.1 Å². The third kappa shape index (κ3) is 4.20. The fraction of sp³-hybridized carbons (Fsp3) is 0.0556. The molecule has 0 atom stereocenters. The summed E-state index contributed by atoms with van der Waals surface area (Å²) in [7, 11) is 0. The second kappa shape index (κ2) is 7.11. The van der Waals surface area contributed by atoms with Crippen molar-refractivity contribution in [3.8, 4) is 17.4 Å². The molecule has 1 heterocycles. The van der Waals surface area contributed by atoms with Crippen molar-refractivity contribution in [3.05, 3.63) is 83.3 Å².